The molecule has 5 nitrogen and oxygen atoms in total. The minimum absolute atomic E-state index is 0.0774. The van der Waals surface area contributed by atoms with Gasteiger partial charge in [0, 0.05) is 30.0 Å². The summed E-state index contributed by atoms with van der Waals surface area (Å²) in [4.78, 5) is 14.9. The van der Waals surface area contributed by atoms with Crippen LogP contribution in [0.1, 0.15) is 46.3 Å². The van der Waals surface area contributed by atoms with Crippen LogP contribution < -0.4 is 5.32 Å². The lowest BCUT2D eigenvalue weighted by Gasteiger charge is -2.38. The lowest BCUT2D eigenvalue weighted by molar-refractivity contribution is 0.0666. The Bertz CT molecular complexity index is 841. The number of nitriles is 1. The maximum Gasteiger partial charge on any atom is 0.258 e. The maximum atomic E-state index is 13.0. The molecule has 1 N–H and O–H groups in total. The van der Waals surface area contributed by atoms with E-state index in [0.717, 1.165) is 35.3 Å². The summed E-state index contributed by atoms with van der Waals surface area (Å²) in [7, 11) is 1.89. The van der Waals surface area contributed by atoms with Gasteiger partial charge >= 0.3 is 0 Å². The van der Waals surface area contributed by atoms with E-state index in [0.29, 0.717) is 11.7 Å². The van der Waals surface area contributed by atoms with Gasteiger partial charge in [0.15, 0.2) is 0 Å². The summed E-state index contributed by atoms with van der Waals surface area (Å²) in [5.41, 5.74) is 4.21. The van der Waals surface area contributed by atoms with Crippen molar-refractivity contribution >= 4 is 11.6 Å². The lowest BCUT2D eigenvalue weighted by Crippen LogP contribution is -2.44. The Labute approximate surface area is 135 Å². The van der Waals surface area contributed by atoms with E-state index in [-0.39, 0.29) is 12.1 Å². The molecule has 0 radical (unpaired) electrons. The zero-order valence-electron chi connectivity index (χ0n) is 13.2. The van der Waals surface area contributed by atoms with Crippen LogP contribution in [0.25, 0.3) is 0 Å². The number of para-hydroxylation sites is 1. The van der Waals surface area contributed by atoms with Gasteiger partial charge in [-0.25, -0.2) is 0 Å². The van der Waals surface area contributed by atoms with E-state index in [1.807, 2.05) is 53.8 Å². The number of benzene rings is 1. The molecular weight excluding hydrogens is 288 g/mol. The maximum absolute atomic E-state index is 13.0. The summed E-state index contributed by atoms with van der Waals surface area (Å²) in [6, 6.07) is 12.0. The molecule has 4 rings (SSSR count). The number of aromatic nitrogens is 1. The molecule has 1 atom stereocenters. The first-order valence-electron chi connectivity index (χ1n) is 7.86. The van der Waals surface area contributed by atoms with Gasteiger partial charge < -0.3 is 14.8 Å². The van der Waals surface area contributed by atoms with Gasteiger partial charge in [-0.15, -0.1) is 0 Å². The number of hydrogen-bond donors (Lipinski definition) is 1. The molecule has 1 aromatic carbocycles. The van der Waals surface area contributed by atoms with Gasteiger partial charge in [0.1, 0.15) is 17.9 Å². The summed E-state index contributed by atoms with van der Waals surface area (Å²) >= 11 is 0. The second kappa shape index (κ2) is 4.88. The van der Waals surface area contributed by atoms with Crippen molar-refractivity contribution in [3.63, 3.8) is 0 Å². The number of carbonyl (C=O) groups excluding carboxylic acids is 1. The molecule has 23 heavy (non-hydrogen) atoms. The number of fused-ring (bicyclic) bond motifs is 1. The van der Waals surface area contributed by atoms with Crippen LogP contribution >= 0.6 is 0 Å². The third-order valence-electron chi connectivity index (χ3n) is 4.89. The molecule has 2 aliphatic rings. The lowest BCUT2D eigenvalue weighted by atomic mass is 10.0. The molecule has 1 aromatic heterocycles. The van der Waals surface area contributed by atoms with E-state index in [4.69, 9.17) is 0 Å². The first-order valence-corrected chi connectivity index (χ1v) is 7.86. The Morgan fingerprint density at radius 1 is 1.30 bits per heavy atom. The summed E-state index contributed by atoms with van der Waals surface area (Å²) in [5.74, 6) is 0.0774. The first kappa shape index (κ1) is 13.9. The second-order valence-electron chi connectivity index (χ2n) is 6.28. The molecule has 1 amide bonds. The zero-order chi connectivity index (χ0) is 16.1. The number of hydrogen-bond acceptors (Lipinski definition) is 3. The molecule has 2 aromatic rings. The summed E-state index contributed by atoms with van der Waals surface area (Å²) in [6.45, 7) is 1.99. The summed E-state index contributed by atoms with van der Waals surface area (Å²) in [6.07, 6.45) is 1.88. The van der Waals surface area contributed by atoms with Crippen molar-refractivity contribution in [3.05, 3.63) is 52.8 Å². The highest BCUT2D eigenvalue weighted by Gasteiger charge is 2.42. The average Bonchev–Trinajstić information content (AvgIpc) is 3.35. The molecular formula is C18H18N4O. The highest BCUT2D eigenvalue weighted by atomic mass is 16.2. The fourth-order valence-corrected chi connectivity index (χ4v) is 3.33. The van der Waals surface area contributed by atoms with Crippen LogP contribution in [0.5, 0.6) is 0 Å². The molecule has 0 spiro atoms. The van der Waals surface area contributed by atoms with Crippen LogP contribution in [-0.4, -0.2) is 21.4 Å². The van der Waals surface area contributed by atoms with Gasteiger partial charge in [0.2, 0.25) is 0 Å². The number of rotatable bonds is 2. The van der Waals surface area contributed by atoms with E-state index in [2.05, 4.69) is 11.4 Å². The van der Waals surface area contributed by atoms with Crippen molar-refractivity contribution in [2.45, 2.75) is 32.0 Å². The smallest absolute Gasteiger partial charge is 0.258 e. The fourth-order valence-electron chi connectivity index (χ4n) is 3.33. The molecule has 1 aliphatic carbocycles. The van der Waals surface area contributed by atoms with Crippen molar-refractivity contribution in [1.29, 1.82) is 5.26 Å². The van der Waals surface area contributed by atoms with Crippen LogP contribution in [0, 0.1) is 18.3 Å². The van der Waals surface area contributed by atoms with E-state index in [1.165, 1.54) is 0 Å². The van der Waals surface area contributed by atoms with Gasteiger partial charge in [0.05, 0.1) is 5.56 Å². The highest BCUT2D eigenvalue weighted by molar-refractivity contribution is 6.02. The molecule has 116 valence electrons. The van der Waals surface area contributed by atoms with Crippen LogP contribution in [-0.2, 0) is 7.05 Å². The molecule has 0 saturated heterocycles. The summed E-state index contributed by atoms with van der Waals surface area (Å²) < 4.78 is 1.88. The predicted molar refractivity (Wildman–Crippen MR) is 86.9 cm³/mol. The molecule has 5 heteroatoms. The van der Waals surface area contributed by atoms with Crippen molar-refractivity contribution in [2.75, 3.05) is 5.32 Å². The van der Waals surface area contributed by atoms with Gasteiger partial charge in [-0.3, -0.25) is 4.79 Å². The molecule has 2 heterocycles. The number of nitrogens with one attached hydrogen (secondary N) is 1. The normalized spacial score (nSPS) is 20.0. The van der Waals surface area contributed by atoms with E-state index >= 15 is 0 Å². The number of amides is 1. The van der Waals surface area contributed by atoms with Gasteiger partial charge in [-0.05, 0) is 38.0 Å². The van der Waals surface area contributed by atoms with Gasteiger partial charge in [0.25, 0.3) is 5.91 Å². The number of anilines is 1. The third kappa shape index (κ3) is 2.02. The topological polar surface area (TPSA) is 61.1 Å². The zero-order valence-corrected chi connectivity index (χ0v) is 13.2. The molecule has 1 saturated carbocycles. The minimum atomic E-state index is -0.210. The molecule has 1 aliphatic heterocycles. The van der Waals surface area contributed by atoms with E-state index in [9.17, 15) is 10.1 Å². The Morgan fingerprint density at radius 3 is 2.70 bits per heavy atom. The van der Waals surface area contributed by atoms with Crippen LogP contribution in [0.3, 0.4) is 0 Å². The molecule has 0 bridgehead atoms. The predicted octanol–water partition coefficient (Wildman–Crippen LogP) is 2.93. The molecule has 1 unspecified atom stereocenters. The Hall–Kier alpha value is -2.74. The number of carbonyl (C=O) groups is 1. The van der Waals surface area contributed by atoms with Crippen LogP contribution in [0.15, 0.2) is 30.3 Å². The first-order chi connectivity index (χ1) is 11.1. The Kier molecular flexibility index (Phi) is 2.95. The van der Waals surface area contributed by atoms with Crippen LogP contribution in [0.2, 0.25) is 0 Å². The number of nitrogens with zero attached hydrogens (tertiary/aromatic N) is 3. The minimum Gasteiger partial charge on any atom is -0.361 e. The average molecular weight is 306 g/mol. The largest absolute Gasteiger partial charge is 0.361 e. The van der Waals surface area contributed by atoms with E-state index in [1.54, 1.807) is 0 Å². The second-order valence-corrected chi connectivity index (χ2v) is 6.28. The standard InChI is InChI=1S/C18H18N4O/c1-11-15(9-13(10-19)21(11)2)17-20-16-6-4-3-5-14(16)18(23)22(17)12-7-8-12/h3-6,9,12,17,20H,7-8H2,1-2H3. The monoisotopic (exact) mass is 306 g/mol. The van der Waals surface area contributed by atoms with Crippen molar-refractivity contribution in [1.82, 2.24) is 9.47 Å². The quantitative estimate of drug-likeness (QED) is 0.928. The van der Waals surface area contributed by atoms with E-state index < -0.39 is 0 Å². The molecule has 1 fully saturated rings. The third-order valence-corrected chi connectivity index (χ3v) is 4.89. The van der Waals surface area contributed by atoms with Crippen molar-refractivity contribution in [3.8, 4) is 6.07 Å². The van der Waals surface area contributed by atoms with Crippen molar-refractivity contribution < 1.29 is 4.79 Å². The Balaban J connectivity index is 1.84. The van der Waals surface area contributed by atoms with Gasteiger partial charge in [-0.2, -0.15) is 5.26 Å². The summed E-state index contributed by atoms with van der Waals surface area (Å²) in [5, 5.41) is 12.8. The Morgan fingerprint density at radius 2 is 2.04 bits per heavy atom. The fraction of sp³-hybridized carbons (Fsp3) is 0.333. The van der Waals surface area contributed by atoms with Gasteiger partial charge in [-0.1, -0.05) is 12.1 Å². The highest BCUT2D eigenvalue weighted by Crippen LogP contribution is 2.41. The SMILES string of the molecule is Cc1c(C2Nc3ccccc3C(=O)N2C2CC2)cc(C#N)n1C. The van der Waals surface area contributed by atoms with Crippen molar-refractivity contribution in [2.24, 2.45) is 7.05 Å². The van der Waals surface area contributed by atoms with Crippen LogP contribution in [0.4, 0.5) is 5.69 Å².